The molecule has 0 unspecified atom stereocenters. The fourth-order valence-corrected chi connectivity index (χ4v) is 4.92. The lowest BCUT2D eigenvalue weighted by atomic mass is 10.0. The van der Waals surface area contributed by atoms with Gasteiger partial charge in [0.1, 0.15) is 11.4 Å². The molecule has 2 aliphatic heterocycles. The van der Waals surface area contributed by atoms with Crippen molar-refractivity contribution >= 4 is 29.5 Å². The minimum Gasteiger partial charge on any atom is -0.449 e. The van der Waals surface area contributed by atoms with Gasteiger partial charge in [-0.1, -0.05) is 0 Å². The van der Waals surface area contributed by atoms with Gasteiger partial charge in [-0.25, -0.2) is 9.78 Å². The number of halogens is 3. The lowest BCUT2D eigenvalue weighted by Crippen LogP contribution is -2.47. The van der Waals surface area contributed by atoms with E-state index in [0.717, 1.165) is 44.1 Å². The van der Waals surface area contributed by atoms with Crippen LogP contribution >= 0.6 is 0 Å². The summed E-state index contributed by atoms with van der Waals surface area (Å²) in [4.78, 5) is 38.6. The molecule has 1 saturated carbocycles. The van der Waals surface area contributed by atoms with Gasteiger partial charge in [-0.15, -0.1) is 0 Å². The van der Waals surface area contributed by atoms with Gasteiger partial charge in [0.25, 0.3) is 5.91 Å². The molecule has 3 aliphatic rings. The van der Waals surface area contributed by atoms with Crippen molar-refractivity contribution in [3.63, 3.8) is 0 Å². The molecule has 1 aromatic carbocycles. The molecular weight excluding hydrogens is 527 g/mol. The second-order valence-electron chi connectivity index (χ2n) is 10.5. The third-order valence-electron chi connectivity index (χ3n) is 7.40. The summed E-state index contributed by atoms with van der Waals surface area (Å²) in [5.41, 5.74) is 1.24. The van der Waals surface area contributed by atoms with Crippen LogP contribution in [0.5, 0.6) is 0 Å². The molecule has 2 N–H and O–H groups in total. The third kappa shape index (κ3) is 6.75. The highest BCUT2D eigenvalue weighted by atomic mass is 19.4. The van der Waals surface area contributed by atoms with Gasteiger partial charge in [0.05, 0.1) is 6.61 Å². The van der Waals surface area contributed by atoms with E-state index in [-0.39, 0.29) is 30.1 Å². The summed E-state index contributed by atoms with van der Waals surface area (Å²) in [5, 5.41) is 5.85. The lowest BCUT2D eigenvalue weighted by Gasteiger charge is -2.32. The maximum atomic E-state index is 13.7. The Labute approximate surface area is 230 Å². The average molecular weight is 562 g/mol. The lowest BCUT2D eigenvalue weighted by molar-refractivity contribution is -0.137. The van der Waals surface area contributed by atoms with Crippen LogP contribution in [0.1, 0.15) is 53.1 Å². The Hall–Kier alpha value is -3.61. The van der Waals surface area contributed by atoms with Crippen LogP contribution in [-0.2, 0) is 10.9 Å². The third-order valence-corrected chi connectivity index (χ3v) is 7.40. The Morgan fingerprint density at radius 3 is 2.62 bits per heavy atom. The topological polar surface area (TPSA) is 103 Å². The van der Waals surface area contributed by atoms with Gasteiger partial charge < -0.3 is 30.1 Å². The number of piperazine rings is 1. The highest BCUT2D eigenvalue weighted by Gasteiger charge is 2.35. The molecule has 3 fully saturated rings. The minimum absolute atomic E-state index is 0.0170. The molecule has 2 amide bonds. The van der Waals surface area contributed by atoms with Crippen LogP contribution in [0.25, 0.3) is 0 Å². The molecule has 216 valence electrons. The zero-order valence-electron chi connectivity index (χ0n) is 22.5. The van der Waals surface area contributed by atoms with E-state index in [2.05, 4.69) is 25.5 Å². The SMILES string of the molecule is CN1CCN(C(=O)c2ccc(Nc3ncc(C(F)(F)F)c(NCCCN4CCCOC4=O)n3)c(C3CC3)c2)CC1. The number of hydrogen-bond acceptors (Lipinski definition) is 8. The normalized spacial score (nSPS) is 18.4. The zero-order valence-corrected chi connectivity index (χ0v) is 22.5. The number of hydrogen-bond donors (Lipinski definition) is 2. The molecule has 5 rings (SSSR count). The van der Waals surface area contributed by atoms with E-state index in [9.17, 15) is 22.8 Å². The molecule has 3 heterocycles. The van der Waals surface area contributed by atoms with Crippen molar-refractivity contribution in [2.24, 2.45) is 0 Å². The minimum atomic E-state index is -4.64. The Morgan fingerprint density at radius 2 is 1.93 bits per heavy atom. The molecule has 40 heavy (non-hydrogen) atoms. The van der Waals surface area contributed by atoms with E-state index in [0.29, 0.717) is 50.5 Å². The van der Waals surface area contributed by atoms with E-state index in [4.69, 9.17) is 4.74 Å². The summed E-state index contributed by atoms with van der Waals surface area (Å²) >= 11 is 0. The van der Waals surface area contributed by atoms with Crippen molar-refractivity contribution in [3.8, 4) is 0 Å². The number of nitrogens with zero attached hydrogens (tertiary/aromatic N) is 5. The second kappa shape index (κ2) is 11.9. The monoisotopic (exact) mass is 561 g/mol. The maximum Gasteiger partial charge on any atom is 0.421 e. The molecule has 1 aliphatic carbocycles. The Balaban J connectivity index is 1.29. The van der Waals surface area contributed by atoms with Crippen LogP contribution < -0.4 is 10.6 Å². The zero-order chi connectivity index (χ0) is 28.3. The summed E-state index contributed by atoms with van der Waals surface area (Å²) in [7, 11) is 2.03. The first-order valence-electron chi connectivity index (χ1n) is 13.7. The number of ether oxygens (including phenoxy) is 1. The quantitative estimate of drug-likeness (QED) is 0.441. The van der Waals surface area contributed by atoms with Crippen molar-refractivity contribution in [1.82, 2.24) is 24.7 Å². The van der Waals surface area contributed by atoms with Crippen molar-refractivity contribution in [2.45, 2.75) is 37.8 Å². The van der Waals surface area contributed by atoms with E-state index in [1.165, 1.54) is 0 Å². The standard InChI is InChI=1S/C27H34F3N7O3/c1-35-11-13-36(14-12-35)24(38)19-6-7-22(20(16-19)18-4-5-18)33-25-32-17-21(27(28,29)30)23(34-25)31-8-2-9-37-10-3-15-40-26(37)39/h6-7,16-18H,2-5,8-15H2,1H3,(H2,31,32,33,34). The first-order valence-corrected chi connectivity index (χ1v) is 13.7. The summed E-state index contributed by atoms with van der Waals surface area (Å²) < 4.78 is 46.0. The van der Waals surface area contributed by atoms with Crippen LogP contribution in [0.15, 0.2) is 24.4 Å². The summed E-state index contributed by atoms with van der Waals surface area (Å²) in [6.45, 7) is 4.50. The number of benzene rings is 1. The Morgan fingerprint density at radius 1 is 1.15 bits per heavy atom. The highest BCUT2D eigenvalue weighted by molar-refractivity contribution is 5.95. The number of nitrogens with one attached hydrogen (secondary N) is 2. The second-order valence-corrected chi connectivity index (χ2v) is 10.5. The first kappa shape index (κ1) is 27.9. The van der Waals surface area contributed by atoms with Crippen LogP contribution in [0, 0.1) is 0 Å². The fourth-order valence-electron chi connectivity index (χ4n) is 4.92. The van der Waals surface area contributed by atoms with Gasteiger partial charge in [0.15, 0.2) is 0 Å². The van der Waals surface area contributed by atoms with E-state index in [1.54, 1.807) is 17.0 Å². The number of cyclic esters (lactones) is 1. The molecule has 13 heteroatoms. The van der Waals surface area contributed by atoms with Crippen LogP contribution in [0.2, 0.25) is 0 Å². The van der Waals surface area contributed by atoms with Crippen molar-refractivity contribution < 1.29 is 27.5 Å². The number of likely N-dealkylation sites (N-methyl/N-ethyl adjacent to an activating group) is 1. The molecule has 2 saturated heterocycles. The number of alkyl halides is 3. The fraction of sp³-hybridized carbons (Fsp3) is 0.556. The number of carbonyl (C=O) groups excluding carboxylic acids is 2. The van der Waals surface area contributed by atoms with Gasteiger partial charge in [-0.05, 0) is 62.4 Å². The predicted molar refractivity (Wildman–Crippen MR) is 143 cm³/mol. The van der Waals surface area contributed by atoms with Crippen molar-refractivity contribution in [2.75, 3.05) is 70.1 Å². The molecular formula is C27H34F3N7O3. The van der Waals surface area contributed by atoms with Crippen molar-refractivity contribution in [1.29, 1.82) is 0 Å². The largest absolute Gasteiger partial charge is 0.449 e. The molecule has 1 aromatic heterocycles. The number of carbonyl (C=O) groups is 2. The van der Waals surface area contributed by atoms with Gasteiger partial charge >= 0.3 is 12.3 Å². The first-order chi connectivity index (χ1) is 19.2. The Kier molecular flexibility index (Phi) is 8.29. The van der Waals surface area contributed by atoms with E-state index in [1.807, 2.05) is 18.0 Å². The maximum absolute atomic E-state index is 13.7. The molecule has 0 radical (unpaired) electrons. The number of anilines is 3. The number of aromatic nitrogens is 2. The molecule has 0 atom stereocenters. The van der Waals surface area contributed by atoms with E-state index >= 15 is 0 Å². The van der Waals surface area contributed by atoms with Crippen LogP contribution in [-0.4, -0.2) is 96.1 Å². The Bertz CT molecular complexity index is 1230. The number of amides is 2. The van der Waals surface area contributed by atoms with Crippen LogP contribution in [0.3, 0.4) is 0 Å². The smallest absolute Gasteiger partial charge is 0.421 e. The highest BCUT2D eigenvalue weighted by Crippen LogP contribution is 2.44. The van der Waals surface area contributed by atoms with Gasteiger partial charge in [0, 0.05) is 63.3 Å². The van der Waals surface area contributed by atoms with Gasteiger partial charge in [-0.3, -0.25) is 4.79 Å². The molecule has 0 spiro atoms. The summed E-state index contributed by atoms with van der Waals surface area (Å²) in [6, 6.07) is 5.40. The summed E-state index contributed by atoms with van der Waals surface area (Å²) in [5.74, 6) is -0.0518. The molecule has 10 nitrogen and oxygen atoms in total. The molecule has 0 bridgehead atoms. The summed E-state index contributed by atoms with van der Waals surface area (Å²) in [6.07, 6.45) is -1.17. The van der Waals surface area contributed by atoms with E-state index < -0.39 is 17.8 Å². The van der Waals surface area contributed by atoms with Crippen molar-refractivity contribution in [3.05, 3.63) is 41.1 Å². The van der Waals surface area contributed by atoms with Gasteiger partial charge in [0.2, 0.25) is 5.95 Å². The average Bonchev–Trinajstić information content (AvgIpc) is 3.77. The van der Waals surface area contributed by atoms with Crippen LogP contribution in [0.4, 0.5) is 35.4 Å². The predicted octanol–water partition coefficient (Wildman–Crippen LogP) is 4.15. The van der Waals surface area contributed by atoms with Gasteiger partial charge in [-0.2, -0.15) is 18.2 Å². The molecule has 2 aromatic rings. The number of rotatable bonds is 9.